The first-order valence-electron chi connectivity index (χ1n) is 5.68. The van der Waals surface area contributed by atoms with Crippen LogP contribution in [0.5, 0.6) is 0 Å². The minimum Gasteiger partial charge on any atom is -0.372 e. The second kappa shape index (κ2) is 4.54. The normalized spacial score (nSPS) is 13.7. The molecule has 4 heteroatoms. The van der Waals surface area contributed by atoms with E-state index in [2.05, 4.69) is 24.0 Å². The Morgan fingerprint density at radius 2 is 1.67 bits per heavy atom. The minimum absolute atomic E-state index is 0.438. The number of hydrogen-bond acceptors (Lipinski definition) is 2. The molecule has 1 aliphatic rings. The third-order valence-corrected chi connectivity index (χ3v) is 3.74. The van der Waals surface area contributed by atoms with Crippen LogP contribution in [0.3, 0.4) is 0 Å². The maximum atomic E-state index is 6.24. The molecule has 1 aliphatic heterocycles. The van der Waals surface area contributed by atoms with Crippen molar-refractivity contribution in [1.29, 1.82) is 0 Å². The summed E-state index contributed by atoms with van der Waals surface area (Å²) < 4.78 is 5.45. The summed E-state index contributed by atoms with van der Waals surface area (Å²) in [6, 6.07) is 8.21. The molecule has 0 saturated carbocycles. The second-order valence-corrected chi connectivity index (χ2v) is 5.10. The Bertz CT molecular complexity index is 608. The maximum Gasteiger partial charge on any atom is 0.139 e. The van der Waals surface area contributed by atoms with Gasteiger partial charge in [0, 0.05) is 11.1 Å². The van der Waals surface area contributed by atoms with Gasteiger partial charge in [-0.1, -0.05) is 53.0 Å². The summed E-state index contributed by atoms with van der Waals surface area (Å²) in [4.78, 5) is 4.19. The van der Waals surface area contributed by atoms with Crippen LogP contribution >= 0.6 is 23.2 Å². The van der Waals surface area contributed by atoms with E-state index in [4.69, 9.17) is 27.9 Å². The van der Waals surface area contributed by atoms with Crippen LogP contribution in [0.25, 0.3) is 11.1 Å². The van der Waals surface area contributed by atoms with Crippen LogP contribution in [0, 0.1) is 6.92 Å². The smallest absolute Gasteiger partial charge is 0.139 e. The number of rotatable bonds is 1. The van der Waals surface area contributed by atoms with E-state index in [0.717, 1.165) is 22.3 Å². The van der Waals surface area contributed by atoms with Crippen molar-refractivity contribution >= 4 is 23.2 Å². The van der Waals surface area contributed by atoms with Crippen LogP contribution < -0.4 is 0 Å². The molecule has 0 atom stereocenters. The molecular formula is C14H11Cl2NO. The van der Waals surface area contributed by atoms with Gasteiger partial charge in [-0.3, -0.25) is 0 Å². The van der Waals surface area contributed by atoms with Gasteiger partial charge in [0.05, 0.1) is 13.2 Å². The van der Waals surface area contributed by atoms with E-state index in [-0.39, 0.29) is 0 Å². The number of ether oxygens (including phenoxy) is 1. The molecule has 2 heterocycles. The number of aryl methyl sites for hydroxylation is 1. The van der Waals surface area contributed by atoms with Crippen molar-refractivity contribution in [3.8, 4) is 11.1 Å². The summed E-state index contributed by atoms with van der Waals surface area (Å²) >= 11 is 12.3. The van der Waals surface area contributed by atoms with E-state index in [9.17, 15) is 0 Å². The molecule has 2 aromatic rings. The van der Waals surface area contributed by atoms with Gasteiger partial charge < -0.3 is 4.74 Å². The van der Waals surface area contributed by atoms with Crippen LogP contribution in [0.2, 0.25) is 10.3 Å². The lowest BCUT2D eigenvalue weighted by molar-refractivity contribution is 0.134. The van der Waals surface area contributed by atoms with Crippen LogP contribution in [0.4, 0.5) is 0 Å². The highest BCUT2D eigenvalue weighted by Crippen LogP contribution is 2.38. The lowest BCUT2D eigenvalue weighted by Gasteiger charge is -2.10. The molecule has 0 spiro atoms. The van der Waals surface area contributed by atoms with Gasteiger partial charge in [0.25, 0.3) is 0 Å². The van der Waals surface area contributed by atoms with Crippen LogP contribution in [-0.2, 0) is 18.0 Å². The fraction of sp³-hybridized carbons (Fsp3) is 0.214. The summed E-state index contributed by atoms with van der Waals surface area (Å²) in [7, 11) is 0. The van der Waals surface area contributed by atoms with E-state index in [1.807, 2.05) is 12.1 Å². The Kier molecular flexibility index (Phi) is 3.02. The van der Waals surface area contributed by atoms with Gasteiger partial charge in [0.1, 0.15) is 10.3 Å². The van der Waals surface area contributed by atoms with Crippen LogP contribution in [0.15, 0.2) is 24.3 Å². The average molecular weight is 280 g/mol. The Morgan fingerprint density at radius 1 is 1.00 bits per heavy atom. The number of nitrogens with zero attached hydrogens (tertiary/aromatic N) is 1. The van der Waals surface area contributed by atoms with E-state index in [1.165, 1.54) is 5.56 Å². The summed E-state index contributed by atoms with van der Waals surface area (Å²) in [5.41, 5.74) is 5.22. The van der Waals surface area contributed by atoms with Gasteiger partial charge in [-0.15, -0.1) is 0 Å². The lowest BCUT2D eigenvalue weighted by atomic mass is 9.99. The highest BCUT2D eigenvalue weighted by Gasteiger charge is 2.23. The molecule has 0 aliphatic carbocycles. The van der Waals surface area contributed by atoms with Gasteiger partial charge in [-0.2, -0.15) is 0 Å². The molecule has 0 fully saturated rings. The Labute approximate surface area is 116 Å². The molecular weight excluding hydrogens is 269 g/mol. The third kappa shape index (κ3) is 1.91. The largest absolute Gasteiger partial charge is 0.372 e. The van der Waals surface area contributed by atoms with Gasteiger partial charge in [-0.25, -0.2) is 4.98 Å². The first kappa shape index (κ1) is 12.0. The minimum atomic E-state index is 0.438. The highest BCUT2D eigenvalue weighted by molar-refractivity contribution is 6.35. The van der Waals surface area contributed by atoms with E-state index < -0.39 is 0 Å². The SMILES string of the molecule is Cc1ccc(-c2c(Cl)nc(Cl)c3c2COC3)cc1. The molecule has 0 unspecified atom stereocenters. The summed E-state index contributed by atoms with van der Waals surface area (Å²) in [5.74, 6) is 0. The number of halogens is 2. The van der Waals surface area contributed by atoms with Crippen molar-refractivity contribution in [3.63, 3.8) is 0 Å². The number of fused-ring (bicyclic) bond motifs is 1. The molecule has 0 N–H and O–H groups in total. The van der Waals surface area contributed by atoms with Crippen LogP contribution in [0.1, 0.15) is 16.7 Å². The lowest BCUT2D eigenvalue weighted by Crippen LogP contribution is -1.95. The summed E-state index contributed by atoms with van der Waals surface area (Å²) in [6.07, 6.45) is 0. The number of hydrogen-bond donors (Lipinski definition) is 0. The summed E-state index contributed by atoms with van der Waals surface area (Å²) in [6.45, 7) is 3.11. The number of benzene rings is 1. The molecule has 2 nitrogen and oxygen atoms in total. The topological polar surface area (TPSA) is 22.1 Å². The van der Waals surface area contributed by atoms with E-state index in [0.29, 0.717) is 23.5 Å². The molecule has 0 bridgehead atoms. The molecule has 92 valence electrons. The molecule has 18 heavy (non-hydrogen) atoms. The zero-order valence-corrected chi connectivity index (χ0v) is 11.3. The van der Waals surface area contributed by atoms with Gasteiger partial charge >= 0.3 is 0 Å². The maximum absolute atomic E-state index is 6.24. The first-order chi connectivity index (χ1) is 8.66. The number of pyridine rings is 1. The predicted molar refractivity (Wildman–Crippen MR) is 72.9 cm³/mol. The van der Waals surface area contributed by atoms with Crippen molar-refractivity contribution in [2.75, 3.05) is 0 Å². The summed E-state index contributed by atoms with van der Waals surface area (Å²) in [5, 5.41) is 0.886. The zero-order chi connectivity index (χ0) is 12.7. The molecule has 1 aromatic heterocycles. The van der Waals surface area contributed by atoms with Gasteiger partial charge in [0.2, 0.25) is 0 Å². The number of aromatic nitrogens is 1. The van der Waals surface area contributed by atoms with Gasteiger partial charge in [0.15, 0.2) is 0 Å². The Hall–Kier alpha value is -1.09. The van der Waals surface area contributed by atoms with Crippen molar-refractivity contribution in [1.82, 2.24) is 4.98 Å². The average Bonchev–Trinajstić information content (AvgIpc) is 2.81. The van der Waals surface area contributed by atoms with Gasteiger partial charge in [-0.05, 0) is 18.1 Å². The molecule has 0 saturated heterocycles. The standard InChI is InChI=1S/C14H11Cl2NO/c1-8-2-4-9(5-3-8)12-10-6-18-7-11(10)13(15)17-14(12)16/h2-5H,6-7H2,1H3. The van der Waals surface area contributed by atoms with Crippen LogP contribution in [-0.4, -0.2) is 4.98 Å². The van der Waals surface area contributed by atoms with E-state index >= 15 is 0 Å². The molecule has 0 amide bonds. The first-order valence-corrected chi connectivity index (χ1v) is 6.44. The molecule has 0 radical (unpaired) electrons. The molecule has 1 aromatic carbocycles. The fourth-order valence-corrected chi connectivity index (χ4v) is 2.79. The second-order valence-electron chi connectivity index (χ2n) is 4.38. The van der Waals surface area contributed by atoms with Crippen molar-refractivity contribution < 1.29 is 4.74 Å². The predicted octanol–water partition coefficient (Wildman–Crippen LogP) is 4.39. The van der Waals surface area contributed by atoms with Crippen molar-refractivity contribution in [2.24, 2.45) is 0 Å². The quantitative estimate of drug-likeness (QED) is 0.722. The van der Waals surface area contributed by atoms with Crippen molar-refractivity contribution in [3.05, 3.63) is 51.3 Å². The Balaban J connectivity index is 2.23. The third-order valence-electron chi connectivity index (χ3n) is 3.15. The highest BCUT2D eigenvalue weighted by atomic mass is 35.5. The zero-order valence-electron chi connectivity index (χ0n) is 9.84. The molecule has 3 rings (SSSR count). The fourth-order valence-electron chi connectivity index (χ4n) is 2.18. The Morgan fingerprint density at radius 3 is 2.39 bits per heavy atom. The van der Waals surface area contributed by atoms with E-state index in [1.54, 1.807) is 0 Å². The van der Waals surface area contributed by atoms with Crippen molar-refractivity contribution in [2.45, 2.75) is 20.1 Å². The monoisotopic (exact) mass is 279 g/mol.